The van der Waals surface area contributed by atoms with Gasteiger partial charge in [0.05, 0.1) is 0 Å². The number of carbonyl (C=O) groups is 2. The normalized spacial score (nSPS) is 51.0. The van der Waals surface area contributed by atoms with Crippen LogP contribution in [0.25, 0.3) is 0 Å². The summed E-state index contributed by atoms with van der Waals surface area (Å²) in [5.41, 5.74) is 0.143. The van der Waals surface area contributed by atoms with Crippen molar-refractivity contribution in [2.45, 2.75) is 64.7 Å². The molecule has 2 heteroatoms. The Hall–Kier alpha value is -0.920. The van der Waals surface area contributed by atoms with Gasteiger partial charge in [-0.25, -0.2) is 0 Å². The van der Waals surface area contributed by atoms with Gasteiger partial charge in [-0.2, -0.15) is 0 Å². The van der Waals surface area contributed by atoms with Gasteiger partial charge in [-0.1, -0.05) is 13.0 Å². The van der Waals surface area contributed by atoms with Crippen LogP contribution in [-0.4, -0.2) is 11.6 Å². The van der Waals surface area contributed by atoms with E-state index in [1.807, 2.05) is 0 Å². The molecule has 4 aliphatic carbocycles. The molecule has 0 aromatic heterocycles. The van der Waals surface area contributed by atoms with E-state index in [0.717, 1.165) is 38.5 Å². The lowest BCUT2D eigenvalue weighted by atomic mass is 9.45. The number of hydrogen-bond donors (Lipinski definition) is 0. The van der Waals surface area contributed by atoms with Crippen molar-refractivity contribution < 1.29 is 9.59 Å². The predicted molar refractivity (Wildman–Crippen MR) is 86.3 cm³/mol. The maximum Gasteiger partial charge on any atom is 0.139 e. The lowest BCUT2D eigenvalue weighted by Gasteiger charge is -2.59. The monoisotopic (exact) mass is 300 g/mol. The van der Waals surface area contributed by atoms with Crippen LogP contribution < -0.4 is 0 Å². The van der Waals surface area contributed by atoms with Crippen molar-refractivity contribution in [3.63, 3.8) is 0 Å². The first kappa shape index (κ1) is 14.7. The number of rotatable bonds is 1. The molecule has 0 radical (unpaired) electrons. The van der Waals surface area contributed by atoms with Crippen LogP contribution >= 0.6 is 0 Å². The quantitative estimate of drug-likeness (QED) is 0.675. The third kappa shape index (κ3) is 1.73. The molecular formula is C20H28O2. The molecule has 0 aromatic rings. The van der Waals surface area contributed by atoms with E-state index in [4.69, 9.17) is 0 Å². The molecule has 0 heterocycles. The van der Waals surface area contributed by atoms with Crippen LogP contribution in [0.5, 0.6) is 0 Å². The van der Waals surface area contributed by atoms with Crippen molar-refractivity contribution in [3.8, 4) is 0 Å². The Morgan fingerprint density at radius 1 is 1.05 bits per heavy atom. The van der Waals surface area contributed by atoms with E-state index in [2.05, 4.69) is 19.6 Å². The molecule has 0 N–H and O–H groups in total. The van der Waals surface area contributed by atoms with E-state index in [9.17, 15) is 9.59 Å². The molecule has 4 fully saturated rings. The van der Waals surface area contributed by atoms with E-state index in [1.54, 1.807) is 0 Å². The molecule has 0 spiro atoms. The Labute approximate surface area is 133 Å². The second-order valence-corrected chi connectivity index (χ2v) is 8.63. The Morgan fingerprint density at radius 3 is 2.64 bits per heavy atom. The van der Waals surface area contributed by atoms with E-state index in [-0.39, 0.29) is 10.8 Å². The molecule has 0 amide bonds. The zero-order valence-electron chi connectivity index (χ0n) is 13.8. The van der Waals surface area contributed by atoms with Gasteiger partial charge < -0.3 is 0 Å². The number of ketones is 2. The zero-order chi connectivity index (χ0) is 15.5. The minimum absolute atomic E-state index is 0.0408. The number of Topliss-reactive ketones (excluding diaryl/α,β-unsaturated/α-hetero) is 2. The Kier molecular flexibility index (Phi) is 3.19. The first-order valence-corrected chi connectivity index (χ1v) is 9.20. The first-order valence-electron chi connectivity index (χ1n) is 9.20. The average Bonchev–Trinajstić information content (AvgIpc) is 2.82. The summed E-state index contributed by atoms with van der Waals surface area (Å²) in [5, 5.41) is 0. The topological polar surface area (TPSA) is 34.1 Å². The van der Waals surface area contributed by atoms with E-state index in [0.29, 0.717) is 35.2 Å². The molecule has 0 aliphatic heterocycles. The molecule has 0 unspecified atom stereocenters. The Bertz CT molecular complexity index is 536. The summed E-state index contributed by atoms with van der Waals surface area (Å²) in [5.74, 6) is 3.44. The average molecular weight is 300 g/mol. The van der Waals surface area contributed by atoms with Gasteiger partial charge in [0.25, 0.3) is 0 Å². The van der Waals surface area contributed by atoms with Crippen LogP contribution in [0.1, 0.15) is 64.7 Å². The molecule has 2 nitrogen and oxygen atoms in total. The molecule has 0 aromatic carbocycles. The number of fused-ring (bicyclic) bond motifs is 5. The van der Waals surface area contributed by atoms with Crippen molar-refractivity contribution >= 4 is 11.6 Å². The van der Waals surface area contributed by atoms with Crippen molar-refractivity contribution in [1.82, 2.24) is 0 Å². The minimum Gasteiger partial charge on any atom is -0.300 e. The summed E-state index contributed by atoms with van der Waals surface area (Å²) in [6.07, 6.45) is 11.3. The van der Waals surface area contributed by atoms with Gasteiger partial charge in [0.15, 0.2) is 0 Å². The highest BCUT2D eigenvalue weighted by Gasteiger charge is 2.60. The van der Waals surface area contributed by atoms with Crippen molar-refractivity contribution in [3.05, 3.63) is 12.7 Å². The highest BCUT2D eigenvalue weighted by Crippen LogP contribution is 2.65. The lowest BCUT2D eigenvalue weighted by Crippen LogP contribution is -2.54. The highest BCUT2D eigenvalue weighted by atomic mass is 16.1. The summed E-state index contributed by atoms with van der Waals surface area (Å²) in [6.45, 7) is 6.45. The fourth-order valence-corrected chi connectivity index (χ4v) is 6.93. The largest absolute Gasteiger partial charge is 0.300 e. The lowest BCUT2D eigenvalue weighted by molar-refractivity contribution is -0.140. The Balaban J connectivity index is 1.69. The standard InChI is InChI=1S/C20H28O2/c1-3-20-11-8-14(21)12-13(20)4-5-15-16-6-7-18(22)19(16,2)10-9-17(15)20/h3,13,15-17H,1,4-12H2,2H3/t13-,15-,16-,17-,19-,20-/m0/s1. The van der Waals surface area contributed by atoms with Crippen LogP contribution in [0.2, 0.25) is 0 Å². The number of allylic oxidation sites excluding steroid dienone is 1. The SMILES string of the molecule is C=C[C@]12CCC(=O)C[C@@H]1CC[C@@H]1[C@@H]2CC[C@]2(C)C(=O)CC[C@@H]12. The van der Waals surface area contributed by atoms with Gasteiger partial charge >= 0.3 is 0 Å². The van der Waals surface area contributed by atoms with Gasteiger partial charge in [0.1, 0.15) is 11.6 Å². The summed E-state index contributed by atoms with van der Waals surface area (Å²) >= 11 is 0. The fraction of sp³-hybridized carbons (Fsp3) is 0.800. The molecule has 0 saturated heterocycles. The fourth-order valence-electron chi connectivity index (χ4n) is 6.93. The van der Waals surface area contributed by atoms with Gasteiger partial charge in [0, 0.05) is 24.7 Å². The second kappa shape index (κ2) is 4.79. The minimum atomic E-state index is -0.0408. The van der Waals surface area contributed by atoms with Crippen molar-refractivity contribution in [2.24, 2.45) is 34.5 Å². The van der Waals surface area contributed by atoms with Crippen LogP contribution in [0.4, 0.5) is 0 Å². The van der Waals surface area contributed by atoms with Crippen molar-refractivity contribution in [1.29, 1.82) is 0 Å². The highest BCUT2D eigenvalue weighted by molar-refractivity contribution is 5.87. The smallest absolute Gasteiger partial charge is 0.139 e. The molecular weight excluding hydrogens is 272 g/mol. The van der Waals surface area contributed by atoms with Crippen LogP contribution in [0, 0.1) is 34.5 Å². The van der Waals surface area contributed by atoms with E-state index < -0.39 is 0 Å². The first-order chi connectivity index (χ1) is 10.5. The van der Waals surface area contributed by atoms with Crippen molar-refractivity contribution in [2.75, 3.05) is 0 Å². The molecule has 22 heavy (non-hydrogen) atoms. The Morgan fingerprint density at radius 2 is 1.86 bits per heavy atom. The maximum absolute atomic E-state index is 12.4. The maximum atomic E-state index is 12.4. The van der Waals surface area contributed by atoms with Crippen LogP contribution in [-0.2, 0) is 9.59 Å². The van der Waals surface area contributed by atoms with Gasteiger partial charge in [-0.15, -0.1) is 6.58 Å². The second-order valence-electron chi connectivity index (χ2n) is 8.63. The van der Waals surface area contributed by atoms with Gasteiger partial charge in [-0.05, 0) is 67.6 Å². The van der Waals surface area contributed by atoms with E-state index >= 15 is 0 Å². The molecule has 4 rings (SSSR count). The van der Waals surface area contributed by atoms with Crippen LogP contribution in [0.15, 0.2) is 12.7 Å². The zero-order valence-corrected chi connectivity index (χ0v) is 13.8. The number of carbonyl (C=O) groups excluding carboxylic acids is 2. The molecule has 4 saturated carbocycles. The predicted octanol–water partition coefficient (Wildman–Crippen LogP) is 4.33. The third-order valence-corrected chi connectivity index (χ3v) is 8.14. The molecule has 4 aliphatic rings. The summed E-state index contributed by atoms with van der Waals surface area (Å²) in [4.78, 5) is 24.3. The summed E-state index contributed by atoms with van der Waals surface area (Å²) in [7, 11) is 0. The summed E-state index contributed by atoms with van der Waals surface area (Å²) in [6, 6.07) is 0. The van der Waals surface area contributed by atoms with Gasteiger partial charge in [0.2, 0.25) is 0 Å². The molecule has 0 bridgehead atoms. The van der Waals surface area contributed by atoms with Crippen LogP contribution in [0.3, 0.4) is 0 Å². The van der Waals surface area contributed by atoms with Gasteiger partial charge in [-0.3, -0.25) is 9.59 Å². The molecule has 6 atom stereocenters. The number of hydrogen-bond acceptors (Lipinski definition) is 2. The third-order valence-electron chi connectivity index (χ3n) is 8.14. The molecule has 120 valence electrons. The summed E-state index contributed by atoms with van der Waals surface area (Å²) < 4.78 is 0. The van der Waals surface area contributed by atoms with E-state index in [1.165, 1.54) is 19.3 Å².